The molecule has 2 amide bonds. The van der Waals surface area contributed by atoms with Crippen molar-refractivity contribution in [1.82, 2.24) is 4.98 Å². The summed E-state index contributed by atoms with van der Waals surface area (Å²) in [4.78, 5) is 28.7. The van der Waals surface area contributed by atoms with Gasteiger partial charge in [0.2, 0.25) is 0 Å². The fourth-order valence-electron chi connectivity index (χ4n) is 2.19. The van der Waals surface area contributed by atoms with Crippen LogP contribution in [0.2, 0.25) is 0 Å². The zero-order chi connectivity index (χ0) is 18.5. The molecule has 0 fully saturated rings. The Kier molecular flexibility index (Phi) is 5.48. The van der Waals surface area contributed by atoms with Crippen molar-refractivity contribution in [2.45, 2.75) is 0 Å². The summed E-state index contributed by atoms with van der Waals surface area (Å²) in [6.07, 6.45) is 2.82. The number of carbonyl (C=O) groups excluding carboxylic acids is 2. The molecule has 1 heterocycles. The lowest BCUT2D eigenvalue weighted by molar-refractivity contribution is 0.102. The summed E-state index contributed by atoms with van der Waals surface area (Å²) >= 11 is 3.34. The molecular formula is C19H13BBrN3O2. The third-order valence-corrected chi connectivity index (χ3v) is 4.06. The molecule has 3 rings (SSSR count). The molecule has 0 spiro atoms. The Bertz CT molecular complexity index is 869. The Labute approximate surface area is 160 Å². The van der Waals surface area contributed by atoms with Gasteiger partial charge in [-0.25, -0.2) is 0 Å². The van der Waals surface area contributed by atoms with Crippen molar-refractivity contribution in [3.8, 4) is 0 Å². The van der Waals surface area contributed by atoms with Gasteiger partial charge in [0.15, 0.2) is 0 Å². The number of anilines is 2. The third-order valence-electron chi connectivity index (χ3n) is 3.53. The fraction of sp³-hybridized carbons (Fsp3) is 0. The van der Waals surface area contributed by atoms with Crippen LogP contribution < -0.4 is 16.1 Å². The molecule has 0 unspecified atom stereocenters. The van der Waals surface area contributed by atoms with E-state index >= 15 is 0 Å². The van der Waals surface area contributed by atoms with E-state index in [1.54, 1.807) is 36.4 Å². The number of rotatable bonds is 4. The molecule has 0 aliphatic heterocycles. The summed E-state index contributed by atoms with van der Waals surface area (Å²) < 4.78 is 0.915. The molecule has 5 nitrogen and oxygen atoms in total. The molecule has 2 radical (unpaired) electrons. The minimum Gasteiger partial charge on any atom is -0.322 e. The Morgan fingerprint density at radius 3 is 1.77 bits per heavy atom. The van der Waals surface area contributed by atoms with Crippen molar-refractivity contribution in [3.05, 3.63) is 82.6 Å². The summed E-state index contributed by atoms with van der Waals surface area (Å²) in [5, 5.41) is 5.50. The van der Waals surface area contributed by atoms with Gasteiger partial charge in [0.1, 0.15) is 7.85 Å². The minimum absolute atomic E-state index is 0.283. The molecule has 7 heteroatoms. The first-order valence-corrected chi connectivity index (χ1v) is 8.49. The Morgan fingerprint density at radius 2 is 1.27 bits per heavy atom. The molecule has 26 heavy (non-hydrogen) atoms. The number of carbonyl (C=O) groups is 2. The molecule has 0 atom stereocenters. The summed E-state index contributed by atoms with van der Waals surface area (Å²) in [5.74, 6) is -0.706. The van der Waals surface area contributed by atoms with Crippen LogP contribution in [0.3, 0.4) is 0 Å². The Balaban J connectivity index is 1.72. The number of pyridine rings is 1. The van der Waals surface area contributed by atoms with Crippen molar-refractivity contribution in [2.75, 3.05) is 10.6 Å². The van der Waals surface area contributed by atoms with Crippen molar-refractivity contribution in [3.63, 3.8) is 0 Å². The second kappa shape index (κ2) is 7.97. The maximum absolute atomic E-state index is 12.4. The van der Waals surface area contributed by atoms with Crippen LogP contribution in [0.1, 0.15) is 20.7 Å². The molecule has 126 valence electrons. The molecule has 2 N–H and O–H groups in total. The normalized spacial score (nSPS) is 10.2. The molecule has 0 saturated heterocycles. The first-order chi connectivity index (χ1) is 12.5. The van der Waals surface area contributed by atoms with E-state index in [2.05, 4.69) is 31.5 Å². The van der Waals surface area contributed by atoms with Gasteiger partial charge in [0.25, 0.3) is 11.8 Å². The first-order valence-electron chi connectivity index (χ1n) is 7.70. The quantitative estimate of drug-likeness (QED) is 0.655. The highest BCUT2D eigenvalue weighted by atomic mass is 79.9. The highest BCUT2D eigenvalue weighted by molar-refractivity contribution is 9.10. The molecule has 0 saturated carbocycles. The van der Waals surface area contributed by atoms with Crippen LogP contribution >= 0.6 is 15.9 Å². The molecule has 0 aliphatic rings. The monoisotopic (exact) mass is 405 g/mol. The maximum atomic E-state index is 12.4. The standard InChI is InChI=1S/C19H13BBrN3O2/c20-14-1-5-16(6-2-14)23-18(25)12-9-13(11-22-10-12)19(26)24-17-7-3-15(21)4-8-17/h1-11H,(H,23,25)(H,24,26). The van der Waals surface area contributed by atoms with Crippen LogP contribution in [0.4, 0.5) is 11.4 Å². The van der Waals surface area contributed by atoms with Gasteiger partial charge in [-0.15, -0.1) is 0 Å². The van der Waals surface area contributed by atoms with E-state index < -0.39 is 0 Å². The number of nitrogens with zero attached hydrogens (tertiary/aromatic N) is 1. The molecule has 0 bridgehead atoms. The van der Waals surface area contributed by atoms with E-state index in [4.69, 9.17) is 7.85 Å². The van der Waals surface area contributed by atoms with Crippen molar-refractivity contribution < 1.29 is 9.59 Å². The number of benzene rings is 2. The van der Waals surface area contributed by atoms with Gasteiger partial charge in [-0.3, -0.25) is 14.6 Å². The zero-order valence-corrected chi connectivity index (χ0v) is 15.2. The second-order valence-corrected chi connectivity index (χ2v) is 6.42. The van der Waals surface area contributed by atoms with Crippen LogP contribution in [0.25, 0.3) is 0 Å². The first kappa shape index (κ1) is 17.9. The van der Waals surface area contributed by atoms with Crippen LogP contribution in [0, 0.1) is 0 Å². The largest absolute Gasteiger partial charge is 0.322 e. The van der Waals surface area contributed by atoms with Crippen molar-refractivity contribution in [2.24, 2.45) is 0 Å². The van der Waals surface area contributed by atoms with Gasteiger partial charge < -0.3 is 10.6 Å². The van der Waals surface area contributed by atoms with Crippen molar-refractivity contribution in [1.29, 1.82) is 0 Å². The lowest BCUT2D eigenvalue weighted by Crippen LogP contribution is -2.16. The summed E-state index contributed by atoms with van der Waals surface area (Å²) in [7, 11) is 5.62. The lowest BCUT2D eigenvalue weighted by Gasteiger charge is -2.08. The predicted octanol–water partition coefficient (Wildman–Crippen LogP) is 3.14. The summed E-state index contributed by atoms with van der Waals surface area (Å²) in [6.45, 7) is 0. The second-order valence-electron chi connectivity index (χ2n) is 5.50. The molecule has 3 aromatic rings. The van der Waals surface area contributed by atoms with Gasteiger partial charge in [-0.1, -0.05) is 33.5 Å². The van der Waals surface area contributed by atoms with Crippen LogP contribution in [-0.4, -0.2) is 24.6 Å². The third kappa shape index (κ3) is 4.58. The van der Waals surface area contributed by atoms with Gasteiger partial charge >= 0.3 is 0 Å². The Hall–Kier alpha value is -2.93. The van der Waals surface area contributed by atoms with Crippen LogP contribution in [0.5, 0.6) is 0 Å². The highest BCUT2D eigenvalue weighted by Gasteiger charge is 2.12. The number of nitrogens with one attached hydrogen (secondary N) is 2. The summed E-state index contributed by atoms with van der Waals surface area (Å²) in [6, 6.07) is 15.5. The Morgan fingerprint density at radius 1 is 0.808 bits per heavy atom. The van der Waals surface area contributed by atoms with E-state index in [9.17, 15) is 9.59 Å². The smallest absolute Gasteiger partial charge is 0.257 e. The SMILES string of the molecule is [B]c1ccc(NC(=O)c2cncc(C(=O)Nc3ccc(Br)cc3)c2)cc1. The molecule has 1 aromatic heterocycles. The highest BCUT2D eigenvalue weighted by Crippen LogP contribution is 2.15. The van der Waals surface area contributed by atoms with E-state index in [1.165, 1.54) is 18.5 Å². The average Bonchev–Trinajstić information content (AvgIpc) is 2.65. The van der Waals surface area contributed by atoms with E-state index in [0.29, 0.717) is 16.8 Å². The number of amides is 2. The van der Waals surface area contributed by atoms with E-state index in [0.717, 1.165) is 4.47 Å². The zero-order valence-electron chi connectivity index (χ0n) is 13.6. The van der Waals surface area contributed by atoms with Crippen molar-refractivity contribution >= 4 is 52.4 Å². The molecule has 0 aliphatic carbocycles. The van der Waals surface area contributed by atoms with Crippen LogP contribution in [0.15, 0.2) is 71.5 Å². The average molecular weight is 406 g/mol. The van der Waals surface area contributed by atoms with E-state index in [-0.39, 0.29) is 22.9 Å². The number of halogens is 1. The lowest BCUT2D eigenvalue weighted by atomic mass is 9.96. The molecule has 2 aromatic carbocycles. The number of hydrogen-bond acceptors (Lipinski definition) is 3. The van der Waals surface area contributed by atoms with Crippen LogP contribution in [-0.2, 0) is 0 Å². The maximum Gasteiger partial charge on any atom is 0.257 e. The summed E-state index contributed by atoms with van der Waals surface area (Å²) in [5.41, 5.74) is 2.43. The van der Waals surface area contributed by atoms with Gasteiger partial charge in [0.05, 0.1) is 11.1 Å². The van der Waals surface area contributed by atoms with Gasteiger partial charge in [-0.2, -0.15) is 0 Å². The topological polar surface area (TPSA) is 71.1 Å². The molecular weight excluding hydrogens is 393 g/mol. The number of hydrogen-bond donors (Lipinski definition) is 2. The fourth-order valence-corrected chi connectivity index (χ4v) is 2.46. The van der Waals surface area contributed by atoms with Gasteiger partial charge in [-0.05, 0) is 42.5 Å². The number of aromatic nitrogens is 1. The minimum atomic E-state index is -0.361. The van der Waals surface area contributed by atoms with E-state index in [1.807, 2.05) is 12.1 Å². The van der Waals surface area contributed by atoms with Gasteiger partial charge in [0, 0.05) is 28.2 Å². The predicted molar refractivity (Wildman–Crippen MR) is 106 cm³/mol.